The zero-order chi connectivity index (χ0) is 15.8. The fourth-order valence-electron chi connectivity index (χ4n) is 2.04. The minimum Gasteiger partial charge on any atom is -0.398 e. The highest BCUT2D eigenvalue weighted by Gasteiger charge is 2.24. The molecule has 0 amide bonds. The third-order valence-electron chi connectivity index (χ3n) is 3.14. The summed E-state index contributed by atoms with van der Waals surface area (Å²) in [7, 11) is -2.11. The molecule has 0 bridgehead atoms. The third kappa shape index (κ3) is 3.03. The molecule has 1 aromatic heterocycles. The van der Waals surface area contributed by atoms with E-state index in [0.717, 1.165) is 18.2 Å². The summed E-state index contributed by atoms with van der Waals surface area (Å²) < 4.78 is 39.3. The zero-order valence-corrected chi connectivity index (χ0v) is 13.2. The molecule has 2 rings (SSSR count). The third-order valence-corrected chi connectivity index (χ3v) is 5.27. The standard InChI is InChI=1S/C13H15ClFN3O2S/c1-3-10-13(14)11(18(2)17-10)7-21(19,20)12-5-4-8(15)6-9(12)16/h4-6H,3,7,16H2,1-2H3. The van der Waals surface area contributed by atoms with Crippen molar-refractivity contribution >= 4 is 27.1 Å². The van der Waals surface area contributed by atoms with Crippen LogP contribution in [-0.4, -0.2) is 18.2 Å². The largest absolute Gasteiger partial charge is 0.398 e. The van der Waals surface area contributed by atoms with E-state index in [1.807, 2.05) is 6.92 Å². The number of nitrogens with zero attached hydrogens (tertiary/aromatic N) is 2. The van der Waals surface area contributed by atoms with Gasteiger partial charge in [-0.05, 0) is 24.6 Å². The van der Waals surface area contributed by atoms with E-state index in [-0.39, 0.29) is 16.3 Å². The van der Waals surface area contributed by atoms with Crippen molar-refractivity contribution in [1.82, 2.24) is 9.78 Å². The molecule has 0 radical (unpaired) electrons. The van der Waals surface area contributed by atoms with E-state index in [9.17, 15) is 12.8 Å². The number of hydrogen-bond donors (Lipinski definition) is 1. The van der Waals surface area contributed by atoms with E-state index in [0.29, 0.717) is 22.8 Å². The van der Waals surface area contributed by atoms with Gasteiger partial charge in [-0.3, -0.25) is 4.68 Å². The average molecular weight is 332 g/mol. The summed E-state index contributed by atoms with van der Waals surface area (Å²) in [6.07, 6.45) is 0.603. The van der Waals surface area contributed by atoms with E-state index in [1.54, 1.807) is 7.05 Å². The summed E-state index contributed by atoms with van der Waals surface area (Å²) in [5, 5.41) is 4.51. The Hall–Kier alpha value is -1.60. The van der Waals surface area contributed by atoms with Gasteiger partial charge in [0.05, 0.1) is 32.7 Å². The molecule has 2 aromatic rings. The van der Waals surface area contributed by atoms with Crippen molar-refractivity contribution in [3.63, 3.8) is 0 Å². The van der Waals surface area contributed by atoms with Gasteiger partial charge in [-0.2, -0.15) is 5.10 Å². The molecule has 21 heavy (non-hydrogen) atoms. The Balaban J connectivity index is 2.45. The first kappa shape index (κ1) is 15.8. The van der Waals surface area contributed by atoms with Crippen LogP contribution in [0.15, 0.2) is 23.1 Å². The molecule has 0 fully saturated rings. The van der Waals surface area contributed by atoms with Crippen molar-refractivity contribution in [2.45, 2.75) is 24.0 Å². The molecule has 114 valence electrons. The monoisotopic (exact) mass is 331 g/mol. The van der Waals surface area contributed by atoms with Crippen LogP contribution in [0.25, 0.3) is 0 Å². The van der Waals surface area contributed by atoms with Crippen LogP contribution in [0.3, 0.4) is 0 Å². The molecular formula is C13H15ClFN3O2S. The highest BCUT2D eigenvalue weighted by Crippen LogP contribution is 2.27. The van der Waals surface area contributed by atoms with E-state index in [4.69, 9.17) is 17.3 Å². The molecule has 0 atom stereocenters. The van der Waals surface area contributed by atoms with Crippen LogP contribution in [0.2, 0.25) is 5.02 Å². The molecule has 0 spiro atoms. The van der Waals surface area contributed by atoms with Gasteiger partial charge >= 0.3 is 0 Å². The number of nitrogens with two attached hydrogens (primary N) is 1. The number of rotatable bonds is 4. The molecule has 1 heterocycles. The number of halogens is 2. The van der Waals surface area contributed by atoms with Gasteiger partial charge in [0.2, 0.25) is 0 Å². The Labute approximate surface area is 127 Å². The van der Waals surface area contributed by atoms with Crippen LogP contribution >= 0.6 is 11.6 Å². The number of aromatic nitrogens is 2. The second-order valence-electron chi connectivity index (χ2n) is 4.63. The van der Waals surface area contributed by atoms with Gasteiger partial charge in [0, 0.05) is 7.05 Å². The molecule has 0 aliphatic rings. The number of hydrogen-bond acceptors (Lipinski definition) is 4. The second-order valence-corrected chi connectivity index (χ2v) is 6.96. The molecular weight excluding hydrogens is 317 g/mol. The van der Waals surface area contributed by atoms with Crippen LogP contribution < -0.4 is 5.73 Å². The Morgan fingerprint density at radius 3 is 2.62 bits per heavy atom. The summed E-state index contributed by atoms with van der Waals surface area (Å²) in [6.45, 7) is 1.88. The Kier molecular flexibility index (Phi) is 4.25. The summed E-state index contributed by atoms with van der Waals surface area (Å²) in [6, 6.07) is 3.20. The van der Waals surface area contributed by atoms with Crippen LogP contribution in [0, 0.1) is 5.82 Å². The molecule has 5 nitrogen and oxygen atoms in total. The Morgan fingerprint density at radius 2 is 2.10 bits per heavy atom. The van der Waals surface area contributed by atoms with Gasteiger partial charge in [0.25, 0.3) is 0 Å². The quantitative estimate of drug-likeness (QED) is 0.689. The second kappa shape index (κ2) is 5.65. The lowest BCUT2D eigenvalue weighted by Crippen LogP contribution is -2.11. The topological polar surface area (TPSA) is 78.0 Å². The molecule has 8 heteroatoms. The van der Waals surface area contributed by atoms with Crippen molar-refractivity contribution in [1.29, 1.82) is 0 Å². The summed E-state index contributed by atoms with van der Waals surface area (Å²) in [4.78, 5) is -0.112. The first-order valence-electron chi connectivity index (χ1n) is 6.24. The van der Waals surface area contributed by atoms with Gasteiger partial charge in [-0.25, -0.2) is 12.8 Å². The van der Waals surface area contributed by atoms with Gasteiger partial charge in [-0.15, -0.1) is 0 Å². The van der Waals surface area contributed by atoms with E-state index >= 15 is 0 Å². The maximum Gasteiger partial charge on any atom is 0.186 e. The van der Waals surface area contributed by atoms with Crippen LogP contribution in [-0.2, 0) is 29.1 Å². The highest BCUT2D eigenvalue weighted by atomic mass is 35.5. The van der Waals surface area contributed by atoms with Gasteiger partial charge in [0.15, 0.2) is 9.84 Å². The predicted molar refractivity (Wildman–Crippen MR) is 79.3 cm³/mol. The number of benzene rings is 1. The number of sulfone groups is 1. The molecule has 0 aliphatic carbocycles. The first-order valence-corrected chi connectivity index (χ1v) is 8.27. The number of nitrogen functional groups attached to an aromatic ring is 1. The Morgan fingerprint density at radius 1 is 1.43 bits per heavy atom. The van der Waals surface area contributed by atoms with Crippen LogP contribution in [0.1, 0.15) is 18.3 Å². The van der Waals surface area contributed by atoms with Crippen LogP contribution in [0.4, 0.5) is 10.1 Å². The molecule has 0 saturated heterocycles. The normalized spacial score (nSPS) is 11.8. The smallest absolute Gasteiger partial charge is 0.186 e. The summed E-state index contributed by atoms with van der Waals surface area (Å²) in [5.41, 5.74) is 6.49. The van der Waals surface area contributed by atoms with Crippen molar-refractivity contribution in [3.8, 4) is 0 Å². The lowest BCUT2D eigenvalue weighted by Gasteiger charge is -2.08. The Bertz CT molecular complexity index is 787. The highest BCUT2D eigenvalue weighted by molar-refractivity contribution is 7.90. The van der Waals surface area contributed by atoms with E-state index in [1.165, 1.54) is 4.68 Å². The fraction of sp³-hybridized carbons (Fsp3) is 0.308. The molecule has 1 aromatic carbocycles. The molecule has 0 aliphatic heterocycles. The van der Waals surface area contributed by atoms with Gasteiger partial charge < -0.3 is 5.73 Å². The van der Waals surface area contributed by atoms with Crippen molar-refractivity contribution in [2.75, 3.05) is 5.73 Å². The molecule has 0 unspecified atom stereocenters. The SMILES string of the molecule is CCc1nn(C)c(CS(=O)(=O)c2ccc(F)cc2N)c1Cl. The van der Waals surface area contributed by atoms with Crippen molar-refractivity contribution < 1.29 is 12.8 Å². The predicted octanol–water partition coefficient (Wildman–Crippen LogP) is 2.33. The number of aryl methyl sites for hydroxylation is 2. The lowest BCUT2D eigenvalue weighted by molar-refractivity contribution is 0.591. The van der Waals surface area contributed by atoms with Gasteiger partial charge in [-0.1, -0.05) is 18.5 Å². The van der Waals surface area contributed by atoms with Gasteiger partial charge in [0.1, 0.15) is 5.82 Å². The van der Waals surface area contributed by atoms with Crippen molar-refractivity contribution in [3.05, 3.63) is 40.4 Å². The minimum absolute atomic E-state index is 0.112. The average Bonchev–Trinajstić information content (AvgIpc) is 2.65. The fourth-order valence-corrected chi connectivity index (χ4v) is 4.02. The zero-order valence-electron chi connectivity index (χ0n) is 11.6. The maximum atomic E-state index is 13.0. The summed E-state index contributed by atoms with van der Waals surface area (Å²) in [5.74, 6) is -0.927. The summed E-state index contributed by atoms with van der Waals surface area (Å²) >= 11 is 6.15. The molecule has 2 N–H and O–H groups in total. The van der Waals surface area contributed by atoms with E-state index < -0.39 is 15.7 Å². The van der Waals surface area contributed by atoms with E-state index in [2.05, 4.69) is 5.10 Å². The first-order chi connectivity index (χ1) is 9.76. The minimum atomic E-state index is -3.74. The molecule has 0 saturated carbocycles. The maximum absolute atomic E-state index is 13.0. The number of anilines is 1. The lowest BCUT2D eigenvalue weighted by atomic mass is 10.3. The van der Waals surface area contributed by atoms with Crippen molar-refractivity contribution in [2.24, 2.45) is 7.05 Å². The van der Waals surface area contributed by atoms with Crippen LogP contribution in [0.5, 0.6) is 0 Å².